The fourth-order valence-electron chi connectivity index (χ4n) is 1.47. The van der Waals surface area contributed by atoms with E-state index in [0.717, 1.165) is 0 Å². The van der Waals surface area contributed by atoms with Crippen molar-refractivity contribution < 1.29 is 17.9 Å². The average molecular weight is 303 g/mol. The minimum absolute atomic E-state index is 0.158. The van der Waals surface area contributed by atoms with Gasteiger partial charge in [0.25, 0.3) is 0 Å². The zero-order valence-electron chi connectivity index (χ0n) is 12.1. The van der Waals surface area contributed by atoms with Gasteiger partial charge in [-0.15, -0.1) is 0 Å². The number of rotatable bonds is 6. The van der Waals surface area contributed by atoms with Crippen molar-refractivity contribution >= 4 is 5.96 Å². The molecule has 0 aliphatic carbocycles. The van der Waals surface area contributed by atoms with Crippen molar-refractivity contribution in [2.75, 3.05) is 13.2 Å². The quantitative estimate of drug-likeness (QED) is 0.627. The molecule has 0 saturated heterocycles. The maximum Gasteiger partial charge on any atom is 0.422 e. The third-order valence-corrected chi connectivity index (χ3v) is 2.48. The van der Waals surface area contributed by atoms with Crippen LogP contribution in [-0.2, 0) is 6.54 Å². The number of para-hydroxylation sites is 1. The van der Waals surface area contributed by atoms with Gasteiger partial charge in [0.15, 0.2) is 12.6 Å². The molecule has 0 bridgehead atoms. The van der Waals surface area contributed by atoms with Crippen LogP contribution in [0.15, 0.2) is 29.3 Å². The first-order valence-electron chi connectivity index (χ1n) is 6.59. The smallest absolute Gasteiger partial charge is 0.422 e. The molecule has 118 valence electrons. The van der Waals surface area contributed by atoms with E-state index in [9.17, 15) is 13.2 Å². The Labute approximate surface area is 122 Å². The van der Waals surface area contributed by atoms with Gasteiger partial charge in [0.1, 0.15) is 5.75 Å². The molecule has 3 N–H and O–H groups in total. The molecule has 0 aromatic heterocycles. The summed E-state index contributed by atoms with van der Waals surface area (Å²) >= 11 is 0. The SMILES string of the molecule is CC(C)CNC(N)=NCc1ccccc1OCC(F)(F)F. The Morgan fingerprint density at radius 2 is 2.00 bits per heavy atom. The Kier molecular flexibility index (Phi) is 6.33. The Bertz CT molecular complexity index is 473. The van der Waals surface area contributed by atoms with Crippen LogP contribution in [0.1, 0.15) is 19.4 Å². The second kappa shape index (κ2) is 7.75. The van der Waals surface area contributed by atoms with Crippen molar-refractivity contribution in [1.82, 2.24) is 5.32 Å². The van der Waals surface area contributed by atoms with Crippen LogP contribution < -0.4 is 15.8 Å². The molecule has 0 amide bonds. The first-order valence-corrected chi connectivity index (χ1v) is 6.59. The molecule has 4 nitrogen and oxygen atoms in total. The van der Waals surface area contributed by atoms with Gasteiger partial charge in [-0.05, 0) is 12.0 Å². The normalized spacial score (nSPS) is 12.6. The number of hydrogen-bond donors (Lipinski definition) is 2. The van der Waals surface area contributed by atoms with Crippen LogP contribution in [0.25, 0.3) is 0 Å². The number of benzene rings is 1. The lowest BCUT2D eigenvalue weighted by Gasteiger charge is -2.12. The van der Waals surface area contributed by atoms with Crippen molar-refractivity contribution in [3.8, 4) is 5.75 Å². The van der Waals surface area contributed by atoms with E-state index in [1.54, 1.807) is 18.2 Å². The fraction of sp³-hybridized carbons (Fsp3) is 0.500. The van der Waals surface area contributed by atoms with Crippen molar-refractivity contribution in [2.24, 2.45) is 16.6 Å². The Morgan fingerprint density at radius 1 is 1.33 bits per heavy atom. The van der Waals surface area contributed by atoms with Crippen molar-refractivity contribution in [2.45, 2.75) is 26.6 Å². The lowest BCUT2D eigenvalue weighted by Crippen LogP contribution is -2.34. The van der Waals surface area contributed by atoms with Gasteiger partial charge in [-0.2, -0.15) is 13.2 Å². The van der Waals surface area contributed by atoms with Gasteiger partial charge in [-0.3, -0.25) is 0 Å². The van der Waals surface area contributed by atoms with Gasteiger partial charge >= 0.3 is 6.18 Å². The van der Waals surface area contributed by atoms with Crippen LogP contribution >= 0.6 is 0 Å². The number of alkyl halides is 3. The highest BCUT2D eigenvalue weighted by Crippen LogP contribution is 2.22. The molecule has 0 aliphatic rings. The maximum absolute atomic E-state index is 12.2. The minimum atomic E-state index is -4.37. The zero-order valence-corrected chi connectivity index (χ0v) is 12.1. The molecule has 0 aliphatic heterocycles. The number of aliphatic imine (C=N–C) groups is 1. The number of halogens is 3. The van der Waals surface area contributed by atoms with Crippen LogP contribution in [-0.4, -0.2) is 25.3 Å². The van der Waals surface area contributed by atoms with Gasteiger partial charge in [-0.25, -0.2) is 4.99 Å². The number of ether oxygens (including phenoxy) is 1. The molecule has 1 aromatic carbocycles. The summed E-state index contributed by atoms with van der Waals surface area (Å²) in [7, 11) is 0. The van der Waals surface area contributed by atoms with Gasteiger partial charge < -0.3 is 15.8 Å². The number of nitrogens with two attached hydrogens (primary N) is 1. The lowest BCUT2D eigenvalue weighted by atomic mass is 10.2. The Balaban J connectivity index is 2.64. The predicted molar refractivity (Wildman–Crippen MR) is 76.2 cm³/mol. The van der Waals surface area contributed by atoms with Crippen LogP contribution in [0.2, 0.25) is 0 Å². The molecular formula is C14H20F3N3O. The van der Waals surface area contributed by atoms with Crippen molar-refractivity contribution in [1.29, 1.82) is 0 Å². The van der Waals surface area contributed by atoms with Crippen molar-refractivity contribution in [3.05, 3.63) is 29.8 Å². The third-order valence-electron chi connectivity index (χ3n) is 2.48. The molecule has 0 spiro atoms. The Morgan fingerprint density at radius 3 is 2.62 bits per heavy atom. The van der Waals surface area contributed by atoms with Crippen LogP contribution in [0, 0.1) is 5.92 Å². The van der Waals surface area contributed by atoms with Crippen LogP contribution in [0.3, 0.4) is 0 Å². The van der Waals surface area contributed by atoms with Crippen molar-refractivity contribution in [3.63, 3.8) is 0 Å². The number of hydrogen-bond acceptors (Lipinski definition) is 2. The summed E-state index contributed by atoms with van der Waals surface area (Å²) in [6, 6.07) is 6.46. The molecule has 1 rings (SSSR count). The van der Waals surface area contributed by atoms with E-state index in [0.29, 0.717) is 18.0 Å². The maximum atomic E-state index is 12.2. The van der Waals surface area contributed by atoms with Gasteiger partial charge in [0.2, 0.25) is 0 Å². The molecule has 0 radical (unpaired) electrons. The van der Waals surface area contributed by atoms with Gasteiger partial charge in [0.05, 0.1) is 6.54 Å². The second-order valence-corrected chi connectivity index (χ2v) is 4.99. The second-order valence-electron chi connectivity index (χ2n) is 4.99. The zero-order chi connectivity index (χ0) is 15.9. The molecule has 1 aromatic rings. The Hall–Kier alpha value is -1.92. The molecule has 0 atom stereocenters. The molecule has 0 heterocycles. The summed E-state index contributed by atoms with van der Waals surface area (Å²) in [6.45, 7) is 3.57. The van der Waals surface area contributed by atoms with Gasteiger partial charge in [-0.1, -0.05) is 32.0 Å². The van der Waals surface area contributed by atoms with E-state index in [2.05, 4.69) is 10.3 Å². The summed E-state index contributed by atoms with van der Waals surface area (Å²) in [5.74, 6) is 0.839. The largest absolute Gasteiger partial charge is 0.484 e. The fourth-order valence-corrected chi connectivity index (χ4v) is 1.47. The number of nitrogens with zero attached hydrogens (tertiary/aromatic N) is 1. The molecule has 0 saturated carbocycles. The van der Waals surface area contributed by atoms with Crippen LogP contribution in [0.4, 0.5) is 13.2 Å². The van der Waals surface area contributed by atoms with Crippen LogP contribution in [0.5, 0.6) is 5.75 Å². The average Bonchev–Trinajstić information content (AvgIpc) is 2.40. The summed E-state index contributed by atoms with van der Waals surface area (Å²) in [6.07, 6.45) is -4.37. The summed E-state index contributed by atoms with van der Waals surface area (Å²) < 4.78 is 41.3. The third kappa shape index (κ3) is 7.43. The highest BCUT2D eigenvalue weighted by molar-refractivity contribution is 5.77. The summed E-state index contributed by atoms with van der Waals surface area (Å²) in [5.41, 5.74) is 6.23. The number of guanidine groups is 1. The van der Waals surface area contributed by atoms with E-state index in [-0.39, 0.29) is 18.3 Å². The van der Waals surface area contributed by atoms with E-state index >= 15 is 0 Å². The van der Waals surface area contributed by atoms with E-state index in [4.69, 9.17) is 10.5 Å². The van der Waals surface area contributed by atoms with E-state index in [1.165, 1.54) is 6.07 Å². The first kappa shape index (κ1) is 17.1. The molecule has 0 unspecified atom stereocenters. The molecular weight excluding hydrogens is 283 g/mol. The van der Waals surface area contributed by atoms with Gasteiger partial charge in [0, 0.05) is 12.1 Å². The van der Waals surface area contributed by atoms with E-state index < -0.39 is 12.8 Å². The first-order chi connectivity index (χ1) is 9.78. The predicted octanol–water partition coefficient (Wildman–Crippen LogP) is 2.69. The summed E-state index contributed by atoms with van der Waals surface area (Å²) in [5, 5.41) is 2.93. The molecule has 0 fully saturated rings. The topological polar surface area (TPSA) is 59.6 Å². The van der Waals surface area contributed by atoms with E-state index in [1.807, 2.05) is 13.8 Å². The monoisotopic (exact) mass is 303 g/mol. The summed E-state index contributed by atoms with van der Waals surface area (Å²) in [4.78, 5) is 4.09. The molecule has 21 heavy (non-hydrogen) atoms. The highest BCUT2D eigenvalue weighted by Gasteiger charge is 2.28. The highest BCUT2D eigenvalue weighted by atomic mass is 19.4. The lowest BCUT2D eigenvalue weighted by molar-refractivity contribution is -0.153. The molecule has 7 heteroatoms. The standard InChI is InChI=1S/C14H20F3N3O/c1-10(2)7-19-13(18)20-8-11-5-3-4-6-12(11)21-9-14(15,16)17/h3-6,10H,7-9H2,1-2H3,(H3,18,19,20). The number of nitrogens with one attached hydrogen (secondary N) is 1. The minimum Gasteiger partial charge on any atom is -0.484 e.